The maximum atomic E-state index is 14.0. The van der Waals surface area contributed by atoms with E-state index in [1.807, 2.05) is 0 Å². The van der Waals surface area contributed by atoms with E-state index in [9.17, 15) is 39.0 Å². The van der Waals surface area contributed by atoms with E-state index in [-0.39, 0.29) is 24.2 Å². The Morgan fingerprint density at radius 1 is 1.10 bits per heavy atom. The average molecular weight is 555 g/mol. The van der Waals surface area contributed by atoms with Crippen molar-refractivity contribution in [2.24, 2.45) is 35.3 Å². The van der Waals surface area contributed by atoms with Crippen molar-refractivity contribution in [3.8, 4) is 5.75 Å². The molecule has 0 spiro atoms. The number of hydrogen-bond donors (Lipinski definition) is 3. The van der Waals surface area contributed by atoms with Crippen LogP contribution < -0.4 is 5.73 Å². The molecule has 2 unspecified atom stereocenters. The fourth-order valence-electron chi connectivity index (χ4n) is 7.52. The van der Waals surface area contributed by atoms with E-state index < -0.39 is 76.4 Å². The molecule has 4 aliphatic rings. The van der Waals surface area contributed by atoms with E-state index in [0.717, 1.165) is 25.7 Å². The van der Waals surface area contributed by atoms with Crippen LogP contribution in [0.4, 0.5) is 0 Å². The first kappa shape index (κ1) is 28.1. The highest BCUT2D eigenvalue weighted by atomic mass is 16.5. The lowest BCUT2D eigenvalue weighted by Crippen LogP contribution is -2.78. The normalized spacial score (nSPS) is 33.9. The van der Waals surface area contributed by atoms with Crippen molar-refractivity contribution in [2.45, 2.75) is 62.7 Å². The highest BCUT2D eigenvalue weighted by Gasteiger charge is 2.73. The molecule has 0 aliphatic heterocycles. The summed E-state index contributed by atoms with van der Waals surface area (Å²) in [7, 11) is 2.96. The second-order valence-electron chi connectivity index (χ2n) is 11.8. The monoisotopic (exact) mass is 554 g/mol. The van der Waals surface area contributed by atoms with Gasteiger partial charge in [-0.3, -0.25) is 33.7 Å². The van der Waals surface area contributed by atoms with Gasteiger partial charge in [0.1, 0.15) is 11.9 Å². The Bertz CT molecular complexity index is 1300. The van der Waals surface area contributed by atoms with Crippen molar-refractivity contribution < 1.29 is 43.7 Å². The highest BCUT2D eigenvalue weighted by Crippen LogP contribution is 2.51. The third-order valence-electron chi connectivity index (χ3n) is 9.35. The van der Waals surface area contributed by atoms with Crippen LogP contribution in [0.1, 0.15) is 54.4 Å². The molecule has 4 N–H and O–H groups in total. The van der Waals surface area contributed by atoms with Gasteiger partial charge in [-0.25, -0.2) is 0 Å². The van der Waals surface area contributed by atoms with Gasteiger partial charge in [0.25, 0.3) is 0 Å². The number of carbonyl (C=O) groups excluding carboxylic acids is 6. The number of phenolic OH excluding ortho intramolecular Hbond substituents is 1. The summed E-state index contributed by atoms with van der Waals surface area (Å²) in [6.07, 6.45) is 3.46. The summed E-state index contributed by atoms with van der Waals surface area (Å²) in [5.74, 6) is -12.6. The van der Waals surface area contributed by atoms with E-state index in [4.69, 9.17) is 10.5 Å². The molecule has 214 valence electrons. The van der Waals surface area contributed by atoms with Gasteiger partial charge in [-0.05, 0) is 44.5 Å². The molecule has 0 saturated heterocycles. The zero-order chi connectivity index (χ0) is 29.1. The molecule has 3 saturated carbocycles. The summed E-state index contributed by atoms with van der Waals surface area (Å²) in [6, 6.07) is 3.05. The number of carbonyl (C=O) groups is 6. The number of esters is 1. The number of ether oxygens (including phenoxy) is 1. The van der Waals surface area contributed by atoms with E-state index in [2.05, 4.69) is 0 Å². The minimum absolute atomic E-state index is 0.0147. The number of nitrogens with zero attached hydrogens (tertiary/aromatic N) is 1. The minimum atomic E-state index is -3.00. The SMILES string of the molecule is CN(C)[C@H]1C(=O)C(C(N)=O)C(=O)[C@]2(O)C(=O)C3C(=O)c4c(O)cccc4C[C@@H]3[C@@H](OC(=O)CCC3CCCC3)[C@H]12. The topological polar surface area (TPSA) is 181 Å². The van der Waals surface area contributed by atoms with Crippen LogP contribution in [-0.2, 0) is 35.1 Å². The fraction of sp³-hybridized carbons (Fsp3) is 0.586. The molecule has 11 nitrogen and oxygen atoms in total. The number of aliphatic hydroxyl groups is 1. The smallest absolute Gasteiger partial charge is 0.306 e. The average Bonchev–Trinajstić information content (AvgIpc) is 3.40. The number of rotatable bonds is 6. The Balaban J connectivity index is 1.63. The van der Waals surface area contributed by atoms with Crippen molar-refractivity contribution in [3.05, 3.63) is 29.3 Å². The maximum absolute atomic E-state index is 14.0. The lowest BCUT2D eigenvalue weighted by atomic mass is 9.51. The lowest BCUT2D eigenvalue weighted by Gasteiger charge is -2.55. The highest BCUT2D eigenvalue weighted by molar-refractivity contribution is 6.32. The number of hydrogen-bond acceptors (Lipinski definition) is 10. The third kappa shape index (κ3) is 4.17. The van der Waals surface area contributed by atoms with Crippen LogP contribution in [0.2, 0.25) is 0 Å². The molecule has 7 atom stereocenters. The van der Waals surface area contributed by atoms with Crippen LogP contribution in [0.15, 0.2) is 18.2 Å². The van der Waals surface area contributed by atoms with Crippen molar-refractivity contribution >= 4 is 35.0 Å². The number of amides is 1. The quantitative estimate of drug-likeness (QED) is 0.328. The summed E-state index contributed by atoms with van der Waals surface area (Å²) >= 11 is 0. The van der Waals surface area contributed by atoms with Crippen LogP contribution in [0.5, 0.6) is 5.75 Å². The summed E-state index contributed by atoms with van der Waals surface area (Å²) in [4.78, 5) is 81.7. The summed E-state index contributed by atoms with van der Waals surface area (Å²) in [6.45, 7) is 0. The lowest BCUT2D eigenvalue weighted by molar-refractivity contribution is -0.204. The number of likely N-dealkylation sites (N-methyl/N-ethyl adjacent to an activating group) is 1. The fourth-order valence-corrected chi connectivity index (χ4v) is 7.52. The van der Waals surface area contributed by atoms with E-state index in [0.29, 0.717) is 17.9 Å². The molecule has 1 amide bonds. The molecule has 1 aromatic rings. The summed E-state index contributed by atoms with van der Waals surface area (Å²) in [5, 5.41) is 22.4. The molecule has 4 aliphatic carbocycles. The van der Waals surface area contributed by atoms with Crippen LogP contribution >= 0.6 is 0 Å². The minimum Gasteiger partial charge on any atom is -0.507 e. The number of Topliss-reactive ketones (excluding diaryl/α,β-unsaturated/α-hetero) is 4. The van der Waals surface area contributed by atoms with E-state index in [1.165, 1.54) is 25.1 Å². The summed E-state index contributed by atoms with van der Waals surface area (Å²) < 4.78 is 5.96. The van der Waals surface area contributed by atoms with Crippen LogP contribution in [0, 0.1) is 29.6 Å². The maximum Gasteiger partial charge on any atom is 0.306 e. The Kier molecular flexibility index (Phi) is 7.16. The van der Waals surface area contributed by atoms with Gasteiger partial charge >= 0.3 is 5.97 Å². The van der Waals surface area contributed by atoms with E-state index in [1.54, 1.807) is 12.1 Å². The van der Waals surface area contributed by atoms with Crippen molar-refractivity contribution in [1.82, 2.24) is 4.90 Å². The Hall–Kier alpha value is -3.44. The second kappa shape index (κ2) is 10.2. The predicted molar refractivity (Wildman–Crippen MR) is 138 cm³/mol. The first-order valence-corrected chi connectivity index (χ1v) is 13.7. The number of phenols is 1. The summed E-state index contributed by atoms with van der Waals surface area (Å²) in [5.41, 5.74) is 2.69. The number of primary amides is 1. The van der Waals surface area contributed by atoms with Gasteiger partial charge in [0.05, 0.1) is 23.4 Å². The molecule has 0 heterocycles. The van der Waals surface area contributed by atoms with Gasteiger partial charge in [0.15, 0.2) is 34.7 Å². The van der Waals surface area contributed by atoms with Crippen LogP contribution in [-0.4, -0.2) is 82.0 Å². The molecule has 11 heteroatoms. The van der Waals surface area contributed by atoms with E-state index >= 15 is 0 Å². The van der Waals surface area contributed by atoms with Crippen LogP contribution in [0.3, 0.4) is 0 Å². The molecule has 0 bridgehead atoms. The standard InChI is InChI=1S/C29H34N2O9/c1-31(2)22-21-25(40-17(33)11-10-13-6-3-4-7-13)15-12-14-8-5-9-16(32)18(14)23(34)19(15)26(36)29(21,39)27(37)20(24(22)35)28(30)38/h5,8-9,13,15,19-22,25,32,39H,3-4,6-7,10-12H2,1-2H3,(H2,30,38)/t15-,19?,20?,21-,22+,25+,29+/m0/s1. The molecule has 3 fully saturated rings. The van der Waals surface area contributed by atoms with Gasteiger partial charge in [-0.2, -0.15) is 0 Å². The van der Waals surface area contributed by atoms with Gasteiger partial charge in [0, 0.05) is 12.3 Å². The van der Waals surface area contributed by atoms with Gasteiger partial charge < -0.3 is 20.7 Å². The molecule has 0 radical (unpaired) electrons. The van der Waals surface area contributed by atoms with Crippen molar-refractivity contribution in [1.29, 1.82) is 0 Å². The number of fused-ring (bicyclic) bond motifs is 3. The predicted octanol–water partition coefficient (Wildman–Crippen LogP) is 0.359. The molecular weight excluding hydrogens is 520 g/mol. The molecule has 0 aromatic heterocycles. The zero-order valence-corrected chi connectivity index (χ0v) is 22.5. The number of nitrogens with two attached hydrogens (primary N) is 1. The van der Waals surface area contributed by atoms with Crippen LogP contribution in [0.25, 0.3) is 0 Å². The first-order chi connectivity index (χ1) is 18.9. The molecule has 1 aromatic carbocycles. The van der Waals surface area contributed by atoms with Gasteiger partial charge in [-0.15, -0.1) is 0 Å². The Morgan fingerprint density at radius 3 is 2.40 bits per heavy atom. The van der Waals surface area contributed by atoms with Gasteiger partial charge in [0.2, 0.25) is 5.91 Å². The third-order valence-corrected chi connectivity index (χ3v) is 9.35. The molecular formula is C29H34N2O9. The number of ketones is 4. The second-order valence-corrected chi connectivity index (χ2v) is 11.8. The first-order valence-electron chi connectivity index (χ1n) is 13.7. The number of aromatic hydroxyl groups is 1. The van der Waals surface area contributed by atoms with Gasteiger partial charge in [-0.1, -0.05) is 37.8 Å². The zero-order valence-electron chi connectivity index (χ0n) is 22.5. The van der Waals surface area contributed by atoms with Crippen molar-refractivity contribution in [2.75, 3.05) is 14.1 Å². The Morgan fingerprint density at radius 2 is 1.77 bits per heavy atom. The molecule has 5 rings (SSSR count). The Labute approximate surface area is 231 Å². The largest absolute Gasteiger partial charge is 0.507 e. The molecule has 40 heavy (non-hydrogen) atoms. The number of benzene rings is 1. The van der Waals surface area contributed by atoms with Crippen molar-refractivity contribution in [3.63, 3.8) is 0 Å².